The van der Waals surface area contributed by atoms with Crippen LogP contribution in [0.1, 0.15) is 15.9 Å². The minimum atomic E-state index is -0.973. The van der Waals surface area contributed by atoms with Gasteiger partial charge in [-0.05, 0) is 23.8 Å². The molecule has 4 nitrogen and oxygen atoms in total. The summed E-state index contributed by atoms with van der Waals surface area (Å²) in [5.74, 6) is -0.973. The van der Waals surface area contributed by atoms with Gasteiger partial charge < -0.3 is 10.4 Å². The van der Waals surface area contributed by atoms with Crippen LogP contribution in [0, 0.1) is 0 Å². The molecular weight excluding hydrogens is 270 g/mol. The predicted octanol–water partition coefficient (Wildman–Crippen LogP) is 2.20. The Morgan fingerprint density at radius 3 is 2.44 bits per heavy atom. The molecule has 0 saturated carbocycles. The van der Waals surface area contributed by atoms with Crippen molar-refractivity contribution in [2.45, 2.75) is 0 Å². The van der Waals surface area contributed by atoms with Crippen molar-refractivity contribution in [2.24, 2.45) is 0 Å². The van der Waals surface area contributed by atoms with E-state index in [-0.39, 0.29) is 5.56 Å². The second-order valence-electron chi connectivity index (χ2n) is 3.23. The van der Waals surface area contributed by atoms with Crippen LogP contribution in [0.2, 0.25) is 0 Å². The second kappa shape index (κ2) is 6.93. The van der Waals surface area contributed by atoms with Crippen molar-refractivity contribution in [3.05, 3.63) is 40.3 Å². The molecular formula is C12H11NO3S2. The molecule has 0 atom stereocenters. The highest BCUT2D eigenvalue weighted by molar-refractivity contribution is 8.16. The van der Waals surface area contributed by atoms with Crippen molar-refractivity contribution in [3.8, 4) is 0 Å². The number of thioether (sulfide) groups is 1. The first-order valence-corrected chi connectivity index (χ1v) is 6.24. The van der Waals surface area contributed by atoms with Gasteiger partial charge in [0.25, 0.3) is 0 Å². The van der Waals surface area contributed by atoms with Gasteiger partial charge >= 0.3 is 5.97 Å². The normalized spacial score (nSPS) is 10.8. The molecule has 0 heterocycles. The molecule has 0 aliphatic carbocycles. The number of likely N-dealkylation sites (N-methyl/N-ethyl adjacent to an activating group) is 1. The van der Waals surface area contributed by atoms with E-state index < -0.39 is 5.97 Å². The number of carbonyl (C=O) groups is 2. The maximum Gasteiger partial charge on any atom is 0.335 e. The Morgan fingerprint density at radius 1 is 1.39 bits per heavy atom. The lowest BCUT2D eigenvalue weighted by molar-refractivity contribution is 0.0697. The SMILES string of the molecule is CNC(=S)/C(=C/c1ccc(C(=O)O)cc1)SC=O. The van der Waals surface area contributed by atoms with Crippen molar-refractivity contribution in [1.29, 1.82) is 0 Å². The summed E-state index contributed by atoms with van der Waals surface area (Å²) in [6.45, 7) is 0. The van der Waals surface area contributed by atoms with Gasteiger partial charge in [-0.1, -0.05) is 36.1 Å². The Hall–Kier alpha value is -1.66. The Kier molecular flexibility index (Phi) is 5.54. The number of hydrogen-bond acceptors (Lipinski definition) is 4. The highest BCUT2D eigenvalue weighted by Gasteiger charge is 2.05. The molecule has 0 bridgehead atoms. The summed E-state index contributed by atoms with van der Waals surface area (Å²) >= 11 is 6.03. The smallest absolute Gasteiger partial charge is 0.335 e. The summed E-state index contributed by atoms with van der Waals surface area (Å²) in [6, 6.07) is 6.32. The molecule has 0 aliphatic rings. The fraction of sp³-hybridized carbons (Fsp3) is 0.0833. The minimum Gasteiger partial charge on any atom is -0.478 e. The molecule has 18 heavy (non-hydrogen) atoms. The third-order valence-electron chi connectivity index (χ3n) is 2.08. The Balaban J connectivity index is 3.00. The maximum absolute atomic E-state index is 10.7. The number of hydrogen-bond donors (Lipinski definition) is 2. The lowest BCUT2D eigenvalue weighted by Gasteiger charge is -2.04. The summed E-state index contributed by atoms with van der Waals surface area (Å²) in [6.07, 6.45) is 1.73. The number of carbonyl (C=O) groups excluding carboxylic acids is 1. The molecule has 0 aliphatic heterocycles. The topological polar surface area (TPSA) is 66.4 Å². The van der Waals surface area contributed by atoms with Crippen LogP contribution in [0.4, 0.5) is 0 Å². The molecule has 0 aromatic heterocycles. The standard InChI is InChI=1S/C12H11NO3S2/c1-13-11(17)10(18-7-14)6-8-2-4-9(5-3-8)12(15)16/h2-7H,1H3,(H,13,17)(H,15,16)/b10-6-. The van der Waals surface area contributed by atoms with Crippen molar-refractivity contribution in [1.82, 2.24) is 5.32 Å². The van der Waals surface area contributed by atoms with E-state index in [2.05, 4.69) is 5.32 Å². The van der Waals surface area contributed by atoms with Gasteiger partial charge in [0.05, 0.1) is 5.56 Å². The Bertz CT molecular complexity index is 495. The Labute approximate surface area is 114 Å². The van der Waals surface area contributed by atoms with Gasteiger partial charge in [-0.3, -0.25) is 4.79 Å². The molecule has 6 heteroatoms. The van der Waals surface area contributed by atoms with Crippen LogP contribution in [0.15, 0.2) is 29.2 Å². The first kappa shape index (κ1) is 14.4. The molecule has 0 spiro atoms. The van der Waals surface area contributed by atoms with Gasteiger partial charge in [0.2, 0.25) is 0 Å². The third-order valence-corrected chi connectivity index (χ3v) is 3.31. The molecule has 0 fully saturated rings. The molecule has 0 saturated heterocycles. The van der Waals surface area contributed by atoms with Crippen LogP contribution in [0.3, 0.4) is 0 Å². The van der Waals surface area contributed by atoms with Crippen LogP contribution in [-0.4, -0.2) is 28.7 Å². The number of carboxylic acid groups (broad SMARTS) is 1. The molecule has 0 unspecified atom stereocenters. The zero-order valence-electron chi connectivity index (χ0n) is 9.54. The van der Waals surface area contributed by atoms with Gasteiger partial charge in [0.15, 0.2) is 5.62 Å². The average Bonchev–Trinajstić information content (AvgIpc) is 2.38. The molecule has 1 rings (SSSR count). The predicted molar refractivity (Wildman–Crippen MR) is 77.4 cm³/mol. The number of carboxylic acids is 1. The van der Waals surface area contributed by atoms with Crippen LogP contribution >= 0.6 is 24.0 Å². The van der Waals surface area contributed by atoms with Crippen LogP contribution in [0.5, 0.6) is 0 Å². The molecule has 94 valence electrons. The molecule has 0 radical (unpaired) electrons. The van der Waals surface area contributed by atoms with Crippen LogP contribution in [-0.2, 0) is 4.79 Å². The van der Waals surface area contributed by atoms with Crippen molar-refractivity contribution >= 4 is 46.6 Å². The second-order valence-corrected chi connectivity index (χ2v) is 4.51. The number of thiocarbonyl (C=S) groups is 1. The molecule has 1 aromatic rings. The fourth-order valence-electron chi connectivity index (χ4n) is 1.20. The van der Waals surface area contributed by atoms with Crippen LogP contribution < -0.4 is 5.32 Å². The highest BCUT2D eigenvalue weighted by Crippen LogP contribution is 2.18. The van der Waals surface area contributed by atoms with Crippen LogP contribution in [0.25, 0.3) is 6.08 Å². The number of benzene rings is 1. The fourth-order valence-corrected chi connectivity index (χ4v) is 1.92. The largest absolute Gasteiger partial charge is 0.478 e. The number of nitrogens with one attached hydrogen (secondary N) is 1. The van der Waals surface area contributed by atoms with Crippen molar-refractivity contribution in [3.63, 3.8) is 0 Å². The average molecular weight is 281 g/mol. The first-order valence-electron chi connectivity index (χ1n) is 4.96. The zero-order chi connectivity index (χ0) is 13.5. The highest BCUT2D eigenvalue weighted by atomic mass is 32.2. The zero-order valence-corrected chi connectivity index (χ0v) is 11.2. The summed E-state index contributed by atoms with van der Waals surface area (Å²) in [7, 11) is 1.68. The molecule has 0 amide bonds. The summed E-state index contributed by atoms with van der Waals surface area (Å²) in [5.41, 5.74) is 1.69. The van der Waals surface area contributed by atoms with E-state index in [0.29, 0.717) is 15.5 Å². The number of aromatic carboxylic acids is 1. The lowest BCUT2D eigenvalue weighted by atomic mass is 10.1. The van der Waals surface area contributed by atoms with Gasteiger partial charge in [-0.2, -0.15) is 0 Å². The van der Waals surface area contributed by atoms with Gasteiger partial charge in [0.1, 0.15) is 4.99 Å². The van der Waals surface area contributed by atoms with Gasteiger partial charge in [-0.15, -0.1) is 0 Å². The van der Waals surface area contributed by atoms with Crippen molar-refractivity contribution in [2.75, 3.05) is 7.05 Å². The van der Waals surface area contributed by atoms with E-state index >= 15 is 0 Å². The lowest BCUT2D eigenvalue weighted by Crippen LogP contribution is -2.16. The third kappa shape index (κ3) is 3.97. The summed E-state index contributed by atoms with van der Waals surface area (Å²) in [4.78, 5) is 22.3. The van der Waals surface area contributed by atoms with E-state index in [9.17, 15) is 9.59 Å². The quantitative estimate of drug-likeness (QED) is 0.490. The molecule has 1 aromatic carbocycles. The van der Waals surface area contributed by atoms with E-state index in [1.54, 1.807) is 25.3 Å². The first-order chi connectivity index (χ1) is 8.58. The summed E-state index contributed by atoms with van der Waals surface area (Å²) in [5, 5.41) is 11.6. The minimum absolute atomic E-state index is 0.216. The monoisotopic (exact) mass is 281 g/mol. The van der Waals surface area contributed by atoms with Gasteiger partial charge in [-0.25, -0.2) is 4.79 Å². The summed E-state index contributed by atoms with van der Waals surface area (Å²) < 4.78 is 0. The van der Waals surface area contributed by atoms with E-state index in [0.717, 1.165) is 17.3 Å². The number of rotatable bonds is 5. The Morgan fingerprint density at radius 2 is 2.00 bits per heavy atom. The van der Waals surface area contributed by atoms with E-state index in [4.69, 9.17) is 17.3 Å². The van der Waals surface area contributed by atoms with E-state index in [1.165, 1.54) is 12.1 Å². The molecule has 2 N–H and O–H groups in total. The van der Waals surface area contributed by atoms with Crippen molar-refractivity contribution < 1.29 is 14.7 Å². The maximum atomic E-state index is 10.7. The van der Waals surface area contributed by atoms with E-state index in [1.807, 2.05) is 0 Å². The van der Waals surface area contributed by atoms with Gasteiger partial charge in [0, 0.05) is 12.0 Å².